The molecule has 1 aliphatic rings. The van der Waals surface area contributed by atoms with Gasteiger partial charge in [0, 0.05) is 6.04 Å². The summed E-state index contributed by atoms with van der Waals surface area (Å²) >= 11 is 1.84. The molecule has 2 aromatic carbocycles. The maximum atomic E-state index is 14.0. The Kier molecular flexibility index (Phi) is 7.09. The Morgan fingerprint density at radius 2 is 1.71 bits per heavy atom. The second-order valence-electron chi connectivity index (χ2n) is 6.69. The van der Waals surface area contributed by atoms with Crippen LogP contribution in [0.25, 0.3) is 0 Å². The van der Waals surface area contributed by atoms with Crippen molar-refractivity contribution in [3.63, 3.8) is 0 Å². The Bertz CT molecular complexity index is 901. The van der Waals surface area contributed by atoms with E-state index in [0.29, 0.717) is 0 Å². The number of rotatable bonds is 7. The molecular weight excluding hydrogens is 399 g/mol. The van der Waals surface area contributed by atoms with Gasteiger partial charge in [0.2, 0.25) is 15.9 Å². The molecule has 5 nitrogen and oxygen atoms in total. The van der Waals surface area contributed by atoms with Crippen LogP contribution in [0.3, 0.4) is 0 Å². The van der Waals surface area contributed by atoms with Crippen LogP contribution in [-0.4, -0.2) is 37.9 Å². The summed E-state index contributed by atoms with van der Waals surface area (Å²) in [4.78, 5) is 12.4. The Hall–Kier alpha value is -1.90. The lowest BCUT2D eigenvalue weighted by Crippen LogP contribution is -2.51. The van der Waals surface area contributed by atoms with E-state index in [4.69, 9.17) is 0 Å². The number of nitrogens with one attached hydrogen (secondary N) is 2. The minimum atomic E-state index is -4.19. The highest BCUT2D eigenvalue weighted by molar-refractivity contribution is 7.99. The van der Waals surface area contributed by atoms with Crippen LogP contribution in [0.4, 0.5) is 4.39 Å². The van der Waals surface area contributed by atoms with Crippen LogP contribution in [0.1, 0.15) is 18.4 Å². The number of hydrogen-bond donors (Lipinski definition) is 2. The molecule has 3 rings (SSSR count). The smallest absolute Gasteiger partial charge is 0.244 e. The number of benzene rings is 2. The van der Waals surface area contributed by atoms with Crippen molar-refractivity contribution in [2.24, 2.45) is 0 Å². The molecule has 1 saturated heterocycles. The summed E-state index contributed by atoms with van der Waals surface area (Å²) in [6.45, 7) is 0. The van der Waals surface area contributed by atoms with Gasteiger partial charge in [-0.25, -0.2) is 12.8 Å². The van der Waals surface area contributed by atoms with E-state index in [-0.39, 0.29) is 18.4 Å². The van der Waals surface area contributed by atoms with Gasteiger partial charge in [-0.1, -0.05) is 42.5 Å². The molecule has 0 bridgehead atoms. The zero-order valence-corrected chi connectivity index (χ0v) is 16.9. The molecular formula is C20H23FN2O3S2. The van der Waals surface area contributed by atoms with Crippen LogP contribution < -0.4 is 10.0 Å². The van der Waals surface area contributed by atoms with E-state index >= 15 is 0 Å². The predicted molar refractivity (Wildman–Crippen MR) is 109 cm³/mol. The third-order valence-electron chi connectivity index (χ3n) is 4.59. The number of amides is 1. The predicted octanol–water partition coefficient (Wildman–Crippen LogP) is 2.73. The maximum Gasteiger partial charge on any atom is 0.244 e. The highest BCUT2D eigenvalue weighted by Gasteiger charge is 2.29. The van der Waals surface area contributed by atoms with Gasteiger partial charge >= 0.3 is 0 Å². The molecule has 1 amide bonds. The summed E-state index contributed by atoms with van der Waals surface area (Å²) in [5.74, 6) is 0.698. The van der Waals surface area contributed by atoms with E-state index < -0.39 is 26.8 Å². The van der Waals surface area contributed by atoms with Gasteiger partial charge in [0.25, 0.3) is 0 Å². The number of thioether (sulfide) groups is 1. The fraction of sp³-hybridized carbons (Fsp3) is 0.350. The van der Waals surface area contributed by atoms with Crippen LogP contribution in [0.2, 0.25) is 0 Å². The van der Waals surface area contributed by atoms with Gasteiger partial charge in [-0.05, 0) is 48.5 Å². The highest BCUT2D eigenvalue weighted by atomic mass is 32.2. The van der Waals surface area contributed by atoms with Crippen LogP contribution in [0, 0.1) is 5.82 Å². The molecule has 28 heavy (non-hydrogen) atoms. The third kappa shape index (κ3) is 5.56. The van der Waals surface area contributed by atoms with Gasteiger partial charge in [-0.2, -0.15) is 16.5 Å². The van der Waals surface area contributed by atoms with E-state index in [2.05, 4.69) is 10.0 Å². The largest absolute Gasteiger partial charge is 0.352 e. The molecule has 1 aliphatic heterocycles. The van der Waals surface area contributed by atoms with Crippen molar-refractivity contribution in [2.45, 2.75) is 36.2 Å². The zero-order chi connectivity index (χ0) is 20.0. The van der Waals surface area contributed by atoms with Crippen molar-refractivity contribution in [3.05, 3.63) is 66.0 Å². The number of carbonyl (C=O) groups excluding carboxylic acids is 1. The molecule has 0 saturated carbocycles. The molecule has 2 N–H and O–H groups in total. The molecule has 0 unspecified atom stereocenters. The lowest BCUT2D eigenvalue weighted by Gasteiger charge is -2.26. The average molecular weight is 423 g/mol. The fourth-order valence-electron chi connectivity index (χ4n) is 3.09. The molecule has 150 valence electrons. The van der Waals surface area contributed by atoms with Crippen molar-refractivity contribution in [1.29, 1.82) is 0 Å². The van der Waals surface area contributed by atoms with E-state index in [1.54, 1.807) is 0 Å². The van der Waals surface area contributed by atoms with Crippen LogP contribution in [0.15, 0.2) is 59.5 Å². The van der Waals surface area contributed by atoms with Crippen LogP contribution in [0.5, 0.6) is 0 Å². The first-order valence-electron chi connectivity index (χ1n) is 9.14. The highest BCUT2D eigenvalue weighted by Crippen LogP contribution is 2.18. The summed E-state index contributed by atoms with van der Waals surface area (Å²) in [6, 6.07) is 13.3. The van der Waals surface area contributed by atoms with Gasteiger partial charge in [-0.3, -0.25) is 4.79 Å². The normalized spacial score (nSPS) is 16.5. The van der Waals surface area contributed by atoms with E-state index in [1.165, 1.54) is 18.2 Å². The fourth-order valence-corrected chi connectivity index (χ4v) is 5.48. The first-order chi connectivity index (χ1) is 13.5. The molecule has 1 fully saturated rings. The van der Waals surface area contributed by atoms with Gasteiger partial charge in [0.05, 0.1) is 0 Å². The molecule has 0 spiro atoms. The van der Waals surface area contributed by atoms with Gasteiger partial charge in [0.15, 0.2) is 0 Å². The second kappa shape index (κ2) is 9.54. The lowest BCUT2D eigenvalue weighted by atomic mass is 10.1. The van der Waals surface area contributed by atoms with E-state index in [9.17, 15) is 17.6 Å². The number of halogens is 1. The van der Waals surface area contributed by atoms with Crippen molar-refractivity contribution in [1.82, 2.24) is 10.0 Å². The number of carbonyl (C=O) groups is 1. The Morgan fingerprint density at radius 3 is 2.39 bits per heavy atom. The lowest BCUT2D eigenvalue weighted by molar-refractivity contribution is -0.123. The summed E-state index contributed by atoms with van der Waals surface area (Å²) in [5, 5.41) is 2.95. The third-order valence-corrected chi connectivity index (χ3v) is 7.14. The van der Waals surface area contributed by atoms with Crippen molar-refractivity contribution >= 4 is 27.7 Å². The molecule has 8 heteroatoms. The molecule has 2 aromatic rings. The standard InChI is InChI=1S/C20H23FN2O3S2/c21-17-8-4-5-9-19(17)28(25,26)23-18(14-15-6-2-1-3-7-15)20(24)22-16-10-12-27-13-11-16/h1-9,16,18,23H,10-14H2,(H,22,24)/t18-/m0/s1. The minimum Gasteiger partial charge on any atom is -0.352 e. The number of sulfonamides is 1. The first kappa shape index (κ1) is 20.8. The monoisotopic (exact) mass is 422 g/mol. The molecule has 1 atom stereocenters. The quantitative estimate of drug-likeness (QED) is 0.720. The zero-order valence-electron chi connectivity index (χ0n) is 15.3. The molecule has 0 radical (unpaired) electrons. The van der Waals surface area contributed by atoms with E-state index in [1.807, 2.05) is 42.1 Å². The first-order valence-corrected chi connectivity index (χ1v) is 11.8. The summed E-state index contributed by atoms with van der Waals surface area (Å²) in [7, 11) is -4.19. The molecule has 0 aromatic heterocycles. The topological polar surface area (TPSA) is 75.3 Å². The Balaban J connectivity index is 1.80. The summed E-state index contributed by atoms with van der Waals surface area (Å²) < 4.78 is 41.8. The van der Waals surface area contributed by atoms with Crippen molar-refractivity contribution < 1.29 is 17.6 Å². The average Bonchev–Trinajstić information content (AvgIpc) is 2.69. The summed E-state index contributed by atoms with van der Waals surface area (Å²) in [5.41, 5.74) is 0.818. The maximum absolute atomic E-state index is 14.0. The van der Waals surface area contributed by atoms with Crippen LogP contribution in [-0.2, 0) is 21.2 Å². The van der Waals surface area contributed by atoms with Gasteiger partial charge < -0.3 is 5.32 Å². The van der Waals surface area contributed by atoms with Gasteiger partial charge in [0.1, 0.15) is 16.8 Å². The number of hydrogen-bond acceptors (Lipinski definition) is 4. The van der Waals surface area contributed by atoms with Crippen molar-refractivity contribution in [2.75, 3.05) is 11.5 Å². The van der Waals surface area contributed by atoms with Crippen LogP contribution >= 0.6 is 11.8 Å². The second-order valence-corrected chi connectivity index (χ2v) is 9.60. The minimum absolute atomic E-state index is 0.0324. The van der Waals surface area contributed by atoms with Crippen molar-refractivity contribution in [3.8, 4) is 0 Å². The molecule has 0 aliphatic carbocycles. The Labute approximate surface area is 169 Å². The SMILES string of the molecule is O=C(NC1CCSCC1)[C@H](Cc1ccccc1)NS(=O)(=O)c1ccccc1F. The van der Waals surface area contributed by atoms with Gasteiger partial charge in [-0.15, -0.1) is 0 Å². The van der Waals surface area contributed by atoms with E-state index in [0.717, 1.165) is 36.0 Å². The Morgan fingerprint density at radius 1 is 1.07 bits per heavy atom. The summed E-state index contributed by atoms with van der Waals surface area (Å²) in [6.07, 6.45) is 1.89. The molecule has 1 heterocycles.